The average molecular weight is 391 g/mol. The van der Waals surface area contributed by atoms with Crippen LogP contribution in [0.2, 0.25) is 0 Å². The van der Waals surface area contributed by atoms with Crippen molar-refractivity contribution in [1.82, 2.24) is 0 Å². The van der Waals surface area contributed by atoms with E-state index in [0.29, 0.717) is 10.2 Å². The molecule has 0 aliphatic rings. The fourth-order valence-electron chi connectivity index (χ4n) is 1.19. The predicted octanol–water partition coefficient (Wildman–Crippen LogP) is 3.89. The van der Waals surface area contributed by atoms with Gasteiger partial charge < -0.3 is 10.4 Å². The molecule has 0 aliphatic carbocycles. The second-order valence-electron chi connectivity index (χ2n) is 3.44. The van der Waals surface area contributed by atoms with E-state index >= 15 is 0 Å². The van der Waals surface area contributed by atoms with Gasteiger partial charge in [0.25, 0.3) is 0 Å². The highest BCUT2D eigenvalue weighted by Crippen LogP contribution is 2.29. The third-order valence-electron chi connectivity index (χ3n) is 2.12. The molecule has 1 unspecified atom stereocenters. The van der Waals surface area contributed by atoms with E-state index in [4.69, 9.17) is 5.11 Å². The molecule has 1 aromatic carbocycles. The first kappa shape index (κ1) is 15.3. The molecule has 0 spiro atoms. The highest BCUT2D eigenvalue weighted by Gasteiger charge is 2.44. The zero-order valence-electron chi connectivity index (χ0n) is 8.76. The number of carboxylic acid groups (broad SMARTS) is 1. The van der Waals surface area contributed by atoms with Gasteiger partial charge in [-0.2, -0.15) is 13.2 Å². The highest BCUT2D eigenvalue weighted by atomic mass is 79.9. The van der Waals surface area contributed by atoms with Crippen LogP contribution < -0.4 is 5.32 Å². The number of nitrogens with one attached hydrogen (secondary N) is 1. The van der Waals surface area contributed by atoms with Crippen molar-refractivity contribution in [1.29, 1.82) is 0 Å². The minimum atomic E-state index is -4.78. The van der Waals surface area contributed by atoms with Gasteiger partial charge in [-0.3, -0.25) is 4.79 Å². The Kier molecular flexibility index (Phi) is 5.03. The Morgan fingerprint density at radius 1 is 1.39 bits per heavy atom. The second kappa shape index (κ2) is 5.92. The molecule has 0 bridgehead atoms. The van der Waals surface area contributed by atoms with E-state index in [9.17, 15) is 18.0 Å². The van der Waals surface area contributed by atoms with E-state index in [1.54, 1.807) is 18.2 Å². The van der Waals surface area contributed by atoms with Crippen molar-refractivity contribution in [2.45, 2.75) is 6.18 Å². The monoisotopic (exact) mass is 389 g/mol. The number of anilines is 1. The number of benzene rings is 1. The number of aliphatic carboxylic acids is 1. The van der Waals surface area contributed by atoms with E-state index < -0.39 is 24.6 Å². The molecule has 0 saturated heterocycles. The van der Waals surface area contributed by atoms with Gasteiger partial charge in [0.05, 0.1) is 0 Å². The molecule has 0 fully saturated rings. The molecule has 18 heavy (non-hydrogen) atoms. The lowest BCUT2D eigenvalue weighted by atomic mass is 10.1. The van der Waals surface area contributed by atoms with Gasteiger partial charge in [0.2, 0.25) is 0 Å². The van der Waals surface area contributed by atoms with Crippen LogP contribution in [0.15, 0.2) is 27.1 Å². The van der Waals surface area contributed by atoms with Gasteiger partial charge in [-0.25, -0.2) is 0 Å². The molecule has 100 valence electrons. The fourth-order valence-corrected chi connectivity index (χ4v) is 2.38. The Morgan fingerprint density at radius 3 is 2.44 bits per heavy atom. The lowest BCUT2D eigenvalue weighted by Crippen LogP contribution is -2.36. The van der Waals surface area contributed by atoms with E-state index in [2.05, 4.69) is 37.2 Å². The van der Waals surface area contributed by atoms with Crippen molar-refractivity contribution in [3.05, 3.63) is 27.1 Å². The van der Waals surface area contributed by atoms with Crippen molar-refractivity contribution >= 4 is 43.5 Å². The van der Waals surface area contributed by atoms with Crippen molar-refractivity contribution in [3.63, 3.8) is 0 Å². The van der Waals surface area contributed by atoms with E-state index in [-0.39, 0.29) is 0 Å². The molecule has 1 atom stereocenters. The maximum absolute atomic E-state index is 12.4. The molecular formula is C10H8Br2F3NO2. The summed E-state index contributed by atoms with van der Waals surface area (Å²) in [4.78, 5) is 10.5. The summed E-state index contributed by atoms with van der Waals surface area (Å²) in [6.07, 6.45) is -4.78. The van der Waals surface area contributed by atoms with Crippen LogP contribution in [0.25, 0.3) is 0 Å². The number of rotatable bonds is 4. The van der Waals surface area contributed by atoms with Crippen molar-refractivity contribution in [2.75, 3.05) is 11.9 Å². The normalized spacial score (nSPS) is 13.2. The van der Waals surface area contributed by atoms with Crippen LogP contribution in [-0.4, -0.2) is 23.8 Å². The lowest BCUT2D eigenvalue weighted by Gasteiger charge is -2.17. The Bertz CT molecular complexity index is 451. The van der Waals surface area contributed by atoms with Gasteiger partial charge in [0.15, 0.2) is 5.92 Å². The van der Waals surface area contributed by atoms with Crippen molar-refractivity contribution in [2.24, 2.45) is 5.92 Å². The van der Waals surface area contributed by atoms with Crippen molar-refractivity contribution < 1.29 is 23.1 Å². The number of hydrogen-bond acceptors (Lipinski definition) is 2. The summed E-state index contributed by atoms with van der Waals surface area (Å²) in [7, 11) is 0. The number of halogens is 5. The summed E-state index contributed by atoms with van der Waals surface area (Å²) < 4.78 is 38.5. The van der Waals surface area contributed by atoms with E-state index in [1.807, 2.05) is 0 Å². The maximum atomic E-state index is 12.4. The lowest BCUT2D eigenvalue weighted by molar-refractivity contribution is -0.190. The summed E-state index contributed by atoms with van der Waals surface area (Å²) in [5.41, 5.74) is 0.397. The zero-order valence-corrected chi connectivity index (χ0v) is 11.9. The van der Waals surface area contributed by atoms with Crippen LogP contribution >= 0.6 is 31.9 Å². The molecule has 1 aromatic rings. The highest BCUT2D eigenvalue weighted by molar-refractivity contribution is 9.11. The number of carbonyl (C=O) groups is 1. The van der Waals surface area contributed by atoms with Gasteiger partial charge >= 0.3 is 12.1 Å². The standard InChI is InChI=1S/C10H8Br2F3NO2/c11-5-1-2-8(7(12)3-5)16-4-6(9(17)18)10(13,14)15/h1-3,6,16H,4H2,(H,17,18). The number of carboxylic acids is 1. The quantitative estimate of drug-likeness (QED) is 0.820. The summed E-state index contributed by atoms with van der Waals surface area (Å²) in [6, 6.07) is 4.83. The molecule has 2 N–H and O–H groups in total. The summed E-state index contributed by atoms with van der Waals surface area (Å²) >= 11 is 6.36. The summed E-state index contributed by atoms with van der Waals surface area (Å²) in [5, 5.41) is 11.0. The van der Waals surface area contributed by atoms with Crippen molar-refractivity contribution in [3.8, 4) is 0 Å². The topological polar surface area (TPSA) is 49.3 Å². The molecular weight excluding hydrogens is 383 g/mol. The fraction of sp³-hybridized carbons (Fsp3) is 0.300. The maximum Gasteiger partial charge on any atom is 0.403 e. The Hall–Kier alpha value is -0.760. The second-order valence-corrected chi connectivity index (χ2v) is 5.21. The summed E-state index contributed by atoms with van der Waals surface area (Å²) in [6.45, 7) is -0.723. The van der Waals surface area contributed by atoms with Crippen LogP contribution in [-0.2, 0) is 4.79 Å². The zero-order chi connectivity index (χ0) is 13.9. The molecule has 0 radical (unpaired) electrons. The van der Waals surface area contributed by atoms with Crippen LogP contribution in [0.5, 0.6) is 0 Å². The molecule has 0 saturated carbocycles. The van der Waals surface area contributed by atoms with Gasteiger partial charge in [0.1, 0.15) is 0 Å². The van der Waals surface area contributed by atoms with Gasteiger partial charge in [0, 0.05) is 21.2 Å². The van der Waals surface area contributed by atoms with Crippen LogP contribution in [0, 0.1) is 5.92 Å². The Balaban J connectivity index is 2.77. The minimum absolute atomic E-state index is 0.397. The molecule has 0 heterocycles. The van der Waals surface area contributed by atoms with Gasteiger partial charge in [-0.1, -0.05) is 15.9 Å². The van der Waals surface area contributed by atoms with Gasteiger partial charge in [-0.15, -0.1) is 0 Å². The molecule has 1 rings (SSSR count). The Morgan fingerprint density at radius 2 is 2.00 bits per heavy atom. The molecule has 0 amide bonds. The average Bonchev–Trinajstić information content (AvgIpc) is 2.18. The molecule has 0 aromatic heterocycles. The smallest absolute Gasteiger partial charge is 0.403 e. The molecule has 0 aliphatic heterocycles. The first-order valence-corrected chi connectivity index (χ1v) is 6.29. The van der Waals surface area contributed by atoms with Crippen LogP contribution in [0.1, 0.15) is 0 Å². The number of hydrogen-bond donors (Lipinski definition) is 2. The summed E-state index contributed by atoms with van der Waals surface area (Å²) in [5.74, 6) is -4.34. The third kappa shape index (κ3) is 4.16. The van der Waals surface area contributed by atoms with E-state index in [0.717, 1.165) is 4.47 Å². The SMILES string of the molecule is O=C(O)C(CNc1ccc(Br)cc1Br)C(F)(F)F. The minimum Gasteiger partial charge on any atom is -0.481 e. The largest absolute Gasteiger partial charge is 0.481 e. The van der Waals surface area contributed by atoms with Crippen LogP contribution in [0.3, 0.4) is 0 Å². The third-order valence-corrected chi connectivity index (χ3v) is 3.27. The molecule has 8 heteroatoms. The number of alkyl halides is 3. The predicted molar refractivity (Wildman–Crippen MR) is 67.5 cm³/mol. The van der Waals surface area contributed by atoms with E-state index in [1.165, 1.54) is 0 Å². The van der Waals surface area contributed by atoms with Crippen LogP contribution in [0.4, 0.5) is 18.9 Å². The molecule has 3 nitrogen and oxygen atoms in total. The van der Waals surface area contributed by atoms with Gasteiger partial charge in [-0.05, 0) is 34.1 Å². The first-order chi connectivity index (χ1) is 8.21. The first-order valence-electron chi connectivity index (χ1n) is 4.70. The Labute approximate surface area is 118 Å².